The van der Waals surface area contributed by atoms with Crippen molar-refractivity contribution in [2.45, 2.75) is 76.3 Å². The Morgan fingerprint density at radius 1 is 1.05 bits per heavy atom. The van der Waals surface area contributed by atoms with Crippen molar-refractivity contribution in [2.75, 3.05) is 11.9 Å². The molecule has 3 aliphatic rings. The summed E-state index contributed by atoms with van der Waals surface area (Å²) < 4.78 is 6.81. The molecule has 1 spiro atoms. The largest absolute Gasteiger partial charge is 0.394 e. The molecule has 2 unspecified atom stereocenters. The number of nitrogens with one attached hydrogen (secondary N) is 2. The van der Waals surface area contributed by atoms with Crippen molar-refractivity contribution in [3.63, 3.8) is 0 Å². The van der Waals surface area contributed by atoms with Crippen LogP contribution in [-0.2, 0) is 25.7 Å². The normalized spacial score (nSPS) is 29.9. The zero-order valence-corrected chi connectivity index (χ0v) is 22.9. The predicted molar refractivity (Wildman–Crippen MR) is 147 cm³/mol. The summed E-state index contributed by atoms with van der Waals surface area (Å²) in [4.78, 5) is 43.7. The van der Waals surface area contributed by atoms with Gasteiger partial charge in [-0.05, 0) is 49.3 Å². The van der Waals surface area contributed by atoms with E-state index < -0.39 is 35.1 Å². The number of aliphatic hydroxyl groups is 1. The molecule has 39 heavy (non-hydrogen) atoms. The highest BCUT2D eigenvalue weighted by Gasteiger charge is 2.79. The molecule has 3 fully saturated rings. The molecule has 5 rings (SSSR count). The Morgan fingerprint density at radius 3 is 2.33 bits per heavy atom. The summed E-state index contributed by atoms with van der Waals surface area (Å²) >= 11 is 0. The Labute approximate surface area is 230 Å². The Hall–Kier alpha value is -3.23. The number of rotatable bonds is 10. The maximum absolute atomic E-state index is 14.3. The molecule has 6 atom stereocenters. The molecule has 2 aromatic rings. The van der Waals surface area contributed by atoms with Crippen LogP contribution in [0.2, 0.25) is 0 Å². The number of para-hydroxylation sites is 1. The van der Waals surface area contributed by atoms with E-state index >= 15 is 0 Å². The second-order valence-electron chi connectivity index (χ2n) is 11.6. The third kappa shape index (κ3) is 4.63. The first kappa shape index (κ1) is 27.3. The fourth-order valence-corrected chi connectivity index (χ4v) is 7.19. The van der Waals surface area contributed by atoms with Crippen LogP contribution in [0, 0.1) is 17.8 Å². The Kier molecular flexibility index (Phi) is 7.53. The number of fused-ring (bicyclic) bond motifs is 1. The van der Waals surface area contributed by atoms with Crippen LogP contribution < -0.4 is 10.6 Å². The van der Waals surface area contributed by atoms with Crippen molar-refractivity contribution in [1.82, 2.24) is 10.2 Å². The first-order valence-electron chi connectivity index (χ1n) is 14.1. The summed E-state index contributed by atoms with van der Waals surface area (Å²) in [5, 5.41) is 16.4. The lowest BCUT2D eigenvalue weighted by Gasteiger charge is -2.38. The molecule has 0 saturated carbocycles. The van der Waals surface area contributed by atoms with Gasteiger partial charge in [0.15, 0.2) is 0 Å². The van der Waals surface area contributed by atoms with Gasteiger partial charge in [0.2, 0.25) is 17.7 Å². The van der Waals surface area contributed by atoms with Crippen molar-refractivity contribution in [3.05, 3.63) is 66.2 Å². The highest BCUT2D eigenvalue weighted by atomic mass is 16.5. The predicted octanol–water partition coefficient (Wildman–Crippen LogP) is 3.50. The maximum Gasteiger partial charge on any atom is 0.246 e. The first-order chi connectivity index (χ1) is 18.8. The van der Waals surface area contributed by atoms with Crippen molar-refractivity contribution in [1.29, 1.82) is 0 Å². The number of aliphatic hydroxyl groups excluding tert-OH is 1. The summed E-state index contributed by atoms with van der Waals surface area (Å²) in [6, 6.07) is 17.3. The minimum atomic E-state index is -1.13. The smallest absolute Gasteiger partial charge is 0.246 e. The SMILES string of the molecule is CC[C@@]12CCC3(O1)C(C(=O)NCc1ccccc1)N([C@@H](CO)CC(C)C)C(=O)[C@@H]3[C@@H]2C(=O)Nc1ccccc1. The van der Waals surface area contributed by atoms with E-state index in [-0.39, 0.29) is 30.2 Å². The van der Waals surface area contributed by atoms with Crippen LogP contribution in [0.4, 0.5) is 5.69 Å². The Bertz CT molecular complexity index is 1210. The zero-order valence-electron chi connectivity index (χ0n) is 22.9. The van der Waals surface area contributed by atoms with Crippen LogP contribution in [0.15, 0.2) is 60.7 Å². The molecule has 2 bridgehead atoms. The molecular formula is C31H39N3O5. The van der Waals surface area contributed by atoms with E-state index in [0.29, 0.717) is 37.9 Å². The number of ether oxygens (including phenoxy) is 1. The van der Waals surface area contributed by atoms with Crippen molar-refractivity contribution < 1.29 is 24.2 Å². The van der Waals surface area contributed by atoms with Gasteiger partial charge in [-0.3, -0.25) is 14.4 Å². The lowest BCUT2D eigenvalue weighted by molar-refractivity contribution is -0.150. The van der Waals surface area contributed by atoms with E-state index in [4.69, 9.17) is 4.74 Å². The Morgan fingerprint density at radius 2 is 1.72 bits per heavy atom. The van der Waals surface area contributed by atoms with Gasteiger partial charge in [0.05, 0.1) is 30.1 Å². The van der Waals surface area contributed by atoms with Crippen molar-refractivity contribution >= 4 is 23.4 Å². The van der Waals surface area contributed by atoms with Crippen LogP contribution in [-0.4, -0.2) is 57.6 Å². The monoisotopic (exact) mass is 533 g/mol. The van der Waals surface area contributed by atoms with E-state index in [9.17, 15) is 19.5 Å². The summed E-state index contributed by atoms with van der Waals surface area (Å²) in [5.74, 6) is -2.21. The van der Waals surface area contributed by atoms with Gasteiger partial charge in [0, 0.05) is 12.2 Å². The van der Waals surface area contributed by atoms with Gasteiger partial charge in [0.1, 0.15) is 11.6 Å². The minimum absolute atomic E-state index is 0.192. The standard InChI is InChI=1S/C31H39N3O5/c1-4-30-15-16-31(39-30)25(24(30)27(36)33-22-13-9-6-10-14-22)29(38)34(23(19-35)17-20(2)3)26(31)28(37)32-18-21-11-7-5-8-12-21/h5-14,20,23-26,35H,4,15-19H2,1-3H3,(H,32,37)(H,33,36)/t23-,24-,25+,26?,30+,31?/m1/s1. The molecule has 3 amide bonds. The molecule has 8 heteroatoms. The molecule has 208 valence electrons. The van der Waals surface area contributed by atoms with E-state index in [2.05, 4.69) is 10.6 Å². The van der Waals surface area contributed by atoms with Crippen LogP contribution in [0.1, 0.15) is 52.0 Å². The fourth-order valence-electron chi connectivity index (χ4n) is 7.19. The minimum Gasteiger partial charge on any atom is -0.394 e. The lowest BCUT2D eigenvalue weighted by Crippen LogP contribution is -2.58. The Balaban J connectivity index is 1.52. The molecule has 8 nitrogen and oxygen atoms in total. The van der Waals surface area contributed by atoms with Crippen molar-refractivity contribution in [2.24, 2.45) is 17.8 Å². The van der Waals surface area contributed by atoms with Gasteiger partial charge >= 0.3 is 0 Å². The number of benzene rings is 2. The number of carbonyl (C=O) groups excluding carboxylic acids is 3. The van der Waals surface area contributed by atoms with Crippen LogP contribution >= 0.6 is 0 Å². The number of anilines is 1. The highest BCUT2D eigenvalue weighted by Crippen LogP contribution is 2.64. The second kappa shape index (κ2) is 10.7. The number of hydrogen-bond donors (Lipinski definition) is 3. The number of likely N-dealkylation sites (tertiary alicyclic amines) is 1. The molecule has 0 aliphatic carbocycles. The van der Waals surface area contributed by atoms with Crippen LogP contribution in [0.3, 0.4) is 0 Å². The van der Waals surface area contributed by atoms with E-state index in [1.54, 1.807) is 4.90 Å². The summed E-state index contributed by atoms with van der Waals surface area (Å²) in [5.41, 5.74) is -0.357. The third-order valence-electron chi connectivity index (χ3n) is 8.85. The molecule has 3 saturated heterocycles. The summed E-state index contributed by atoms with van der Waals surface area (Å²) in [6.07, 6.45) is 2.18. The number of amides is 3. The maximum atomic E-state index is 14.3. The van der Waals surface area contributed by atoms with Crippen molar-refractivity contribution in [3.8, 4) is 0 Å². The van der Waals surface area contributed by atoms with Gasteiger partial charge in [-0.2, -0.15) is 0 Å². The summed E-state index contributed by atoms with van der Waals surface area (Å²) in [6.45, 7) is 6.07. The highest BCUT2D eigenvalue weighted by molar-refractivity contribution is 6.02. The lowest BCUT2D eigenvalue weighted by atomic mass is 9.65. The molecule has 2 aromatic carbocycles. The molecule has 3 heterocycles. The average molecular weight is 534 g/mol. The number of nitrogens with zero attached hydrogens (tertiary/aromatic N) is 1. The van der Waals surface area contributed by atoms with E-state index in [0.717, 1.165) is 5.56 Å². The quantitative estimate of drug-likeness (QED) is 0.433. The second-order valence-corrected chi connectivity index (χ2v) is 11.6. The number of carbonyl (C=O) groups is 3. The number of hydrogen-bond acceptors (Lipinski definition) is 5. The van der Waals surface area contributed by atoms with Crippen LogP contribution in [0.25, 0.3) is 0 Å². The van der Waals surface area contributed by atoms with Gasteiger partial charge < -0.3 is 25.4 Å². The topological polar surface area (TPSA) is 108 Å². The molecule has 3 N–H and O–H groups in total. The average Bonchev–Trinajstić information content (AvgIpc) is 3.55. The molecule has 0 aromatic heterocycles. The van der Waals surface area contributed by atoms with E-state index in [1.165, 1.54) is 0 Å². The van der Waals surface area contributed by atoms with Gasteiger partial charge in [-0.25, -0.2) is 0 Å². The first-order valence-corrected chi connectivity index (χ1v) is 14.1. The van der Waals surface area contributed by atoms with Crippen LogP contribution in [0.5, 0.6) is 0 Å². The van der Waals surface area contributed by atoms with Gasteiger partial charge in [0.25, 0.3) is 0 Å². The van der Waals surface area contributed by atoms with E-state index in [1.807, 2.05) is 81.4 Å². The molecule has 3 aliphatic heterocycles. The van der Waals surface area contributed by atoms with Gasteiger partial charge in [-0.15, -0.1) is 0 Å². The summed E-state index contributed by atoms with van der Waals surface area (Å²) in [7, 11) is 0. The third-order valence-corrected chi connectivity index (χ3v) is 8.85. The fraction of sp³-hybridized carbons (Fsp3) is 0.516. The van der Waals surface area contributed by atoms with Gasteiger partial charge in [-0.1, -0.05) is 69.3 Å². The zero-order chi connectivity index (χ0) is 27.8. The molecule has 0 radical (unpaired) electrons. The molecular weight excluding hydrogens is 494 g/mol.